The summed E-state index contributed by atoms with van der Waals surface area (Å²) in [6, 6.07) is 16.6. The highest BCUT2D eigenvalue weighted by Gasteiger charge is 2.19. The zero-order chi connectivity index (χ0) is 23.6. The van der Waals surface area contributed by atoms with E-state index in [0.717, 1.165) is 11.4 Å². The Kier molecular flexibility index (Phi) is 6.01. The second-order valence-electron chi connectivity index (χ2n) is 7.33. The molecule has 0 fully saturated rings. The van der Waals surface area contributed by atoms with Gasteiger partial charge in [0.25, 0.3) is 10.0 Å². The molecule has 0 aliphatic heterocycles. The summed E-state index contributed by atoms with van der Waals surface area (Å²) in [6.07, 6.45) is 0. The average Bonchev–Trinajstić information content (AvgIpc) is 3.12. The Labute approximate surface area is 192 Å². The molecule has 33 heavy (non-hydrogen) atoms. The summed E-state index contributed by atoms with van der Waals surface area (Å²) in [6.45, 7) is 5.64. The third kappa shape index (κ3) is 4.96. The van der Waals surface area contributed by atoms with Gasteiger partial charge in [0.2, 0.25) is 5.88 Å². The van der Waals surface area contributed by atoms with Crippen molar-refractivity contribution in [2.45, 2.75) is 25.7 Å². The predicted octanol–water partition coefficient (Wildman–Crippen LogP) is 4.19. The van der Waals surface area contributed by atoms with Crippen LogP contribution in [0.1, 0.15) is 17.2 Å². The second-order valence-corrected chi connectivity index (χ2v) is 8.98. The number of anilines is 1. The van der Waals surface area contributed by atoms with Crippen LogP contribution in [-0.4, -0.2) is 35.3 Å². The molecule has 0 spiro atoms. The number of sulfonamides is 1. The molecular formula is C23H23N5O4S. The van der Waals surface area contributed by atoms with Crippen molar-refractivity contribution >= 4 is 15.7 Å². The molecule has 4 aromatic rings. The first kappa shape index (κ1) is 22.3. The third-order valence-corrected chi connectivity index (χ3v) is 6.14. The van der Waals surface area contributed by atoms with E-state index in [1.807, 2.05) is 19.9 Å². The Morgan fingerprint density at radius 2 is 1.67 bits per heavy atom. The molecule has 170 valence electrons. The number of para-hydroxylation sites is 1. The van der Waals surface area contributed by atoms with Gasteiger partial charge in [-0.05, 0) is 63.2 Å². The number of rotatable bonds is 7. The van der Waals surface area contributed by atoms with Crippen LogP contribution in [0, 0.1) is 20.8 Å². The van der Waals surface area contributed by atoms with Gasteiger partial charge in [-0.2, -0.15) is 10.1 Å². The lowest BCUT2D eigenvalue weighted by Crippen LogP contribution is -2.13. The Morgan fingerprint density at radius 3 is 2.33 bits per heavy atom. The van der Waals surface area contributed by atoms with Gasteiger partial charge in [-0.15, -0.1) is 0 Å². The molecule has 0 amide bonds. The van der Waals surface area contributed by atoms with Crippen LogP contribution in [0.15, 0.2) is 65.6 Å². The van der Waals surface area contributed by atoms with Crippen molar-refractivity contribution in [3.8, 4) is 23.2 Å². The van der Waals surface area contributed by atoms with E-state index in [-0.39, 0.29) is 10.6 Å². The van der Waals surface area contributed by atoms with Crippen LogP contribution in [0.5, 0.6) is 17.4 Å². The van der Waals surface area contributed by atoms with Gasteiger partial charge in [-0.3, -0.25) is 4.72 Å². The minimum atomic E-state index is -3.82. The summed E-state index contributed by atoms with van der Waals surface area (Å²) < 4.78 is 40.8. The van der Waals surface area contributed by atoms with Crippen molar-refractivity contribution in [3.05, 3.63) is 77.9 Å². The van der Waals surface area contributed by atoms with E-state index < -0.39 is 10.0 Å². The van der Waals surface area contributed by atoms with Crippen molar-refractivity contribution in [1.82, 2.24) is 19.7 Å². The van der Waals surface area contributed by atoms with Crippen LogP contribution < -0.4 is 14.2 Å². The van der Waals surface area contributed by atoms with Crippen LogP contribution in [0.25, 0.3) is 5.82 Å². The lowest BCUT2D eigenvalue weighted by Gasteiger charge is -2.12. The van der Waals surface area contributed by atoms with Crippen molar-refractivity contribution in [2.75, 3.05) is 11.8 Å². The van der Waals surface area contributed by atoms with E-state index >= 15 is 0 Å². The smallest absolute Gasteiger partial charge is 0.265 e. The molecule has 0 aliphatic carbocycles. The van der Waals surface area contributed by atoms with E-state index in [1.54, 1.807) is 60.1 Å². The summed E-state index contributed by atoms with van der Waals surface area (Å²) in [5, 5.41) is 4.45. The SMILES string of the molecule is COc1ccccc1S(=O)(=O)Nc1ccc(Oc2cc(-n3nc(C)cc3C)nc(C)n2)cc1. The Hall–Kier alpha value is -3.92. The first-order valence-corrected chi connectivity index (χ1v) is 11.6. The van der Waals surface area contributed by atoms with Gasteiger partial charge < -0.3 is 9.47 Å². The Bertz CT molecular complexity index is 1400. The zero-order valence-electron chi connectivity index (χ0n) is 18.6. The first-order valence-electron chi connectivity index (χ1n) is 10.1. The number of methoxy groups -OCH3 is 1. The number of aryl methyl sites for hydroxylation is 3. The van der Waals surface area contributed by atoms with Crippen LogP contribution in [0.3, 0.4) is 0 Å². The lowest BCUT2D eigenvalue weighted by atomic mass is 10.3. The average molecular weight is 466 g/mol. The molecule has 0 bridgehead atoms. The highest BCUT2D eigenvalue weighted by Crippen LogP contribution is 2.27. The molecule has 2 heterocycles. The van der Waals surface area contributed by atoms with Crippen LogP contribution in [0.2, 0.25) is 0 Å². The van der Waals surface area contributed by atoms with Gasteiger partial charge in [0.1, 0.15) is 22.2 Å². The van der Waals surface area contributed by atoms with Crippen molar-refractivity contribution in [3.63, 3.8) is 0 Å². The zero-order valence-corrected chi connectivity index (χ0v) is 19.4. The topological polar surface area (TPSA) is 108 Å². The van der Waals surface area contributed by atoms with Gasteiger partial charge in [-0.1, -0.05) is 12.1 Å². The number of hydrogen-bond acceptors (Lipinski definition) is 7. The third-order valence-electron chi connectivity index (χ3n) is 4.72. The predicted molar refractivity (Wildman–Crippen MR) is 124 cm³/mol. The molecule has 9 nitrogen and oxygen atoms in total. The fourth-order valence-corrected chi connectivity index (χ4v) is 4.54. The van der Waals surface area contributed by atoms with Gasteiger partial charge in [-0.25, -0.2) is 18.1 Å². The van der Waals surface area contributed by atoms with E-state index in [4.69, 9.17) is 9.47 Å². The number of hydrogen-bond donors (Lipinski definition) is 1. The van der Waals surface area contributed by atoms with Crippen molar-refractivity contribution in [2.24, 2.45) is 0 Å². The van der Waals surface area contributed by atoms with Gasteiger partial charge in [0, 0.05) is 17.4 Å². The Morgan fingerprint density at radius 1 is 0.939 bits per heavy atom. The number of benzene rings is 2. The molecule has 10 heteroatoms. The quantitative estimate of drug-likeness (QED) is 0.436. The highest BCUT2D eigenvalue weighted by atomic mass is 32.2. The molecule has 0 unspecified atom stereocenters. The van der Waals surface area contributed by atoms with Crippen LogP contribution in [-0.2, 0) is 10.0 Å². The van der Waals surface area contributed by atoms with Gasteiger partial charge in [0.15, 0.2) is 5.82 Å². The van der Waals surface area contributed by atoms with E-state index in [0.29, 0.717) is 29.0 Å². The number of nitrogens with zero attached hydrogens (tertiary/aromatic N) is 4. The summed E-state index contributed by atoms with van der Waals surface area (Å²) >= 11 is 0. The van der Waals surface area contributed by atoms with Crippen LogP contribution >= 0.6 is 0 Å². The number of nitrogens with one attached hydrogen (secondary N) is 1. The molecule has 2 aromatic carbocycles. The highest BCUT2D eigenvalue weighted by molar-refractivity contribution is 7.92. The molecule has 0 saturated heterocycles. The van der Waals surface area contributed by atoms with E-state index in [9.17, 15) is 8.42 Å². The summed E-state index contributed by atoms with van der Waals surface area (Å²) in [5.74, 6) is 2.25. The molecule has 1 N–H and O–H groups in total. The molecule has 0 aliphatic rings. The molecule has 2 aromatic heterocycles. The fourth-order valence-electron chi connectivity index (χ4n) is 3.31. The summed E-state index contributed by atoms with van der Waals surface area (Å²) in [4.78, 5) is 8.83. The maximum atomic E-state index is 12.7. The Balaban J connectivity index is 1.53. The van der Waals surface area contributed by atoms with Crippen molar-refractivity contribution < 1.29 is 17.9 Å². The number of ether oxygens (including phenoxy) is 2. The largest absolute Gasteiger partial charge is 0.495 e. The minimum Gasteiger partial charge on any atom is -0.495 e. The standard InChI is InChI=1S/C23H23N5O4S/c1-15-13-16(2)28(26-15)22-14-23(25-17(3)24-22)32-19-11-9-18(10-12-19)27-33(29,30)21-8-6-5-7-20(21)31-4/h5-14,27H,1-4H3. The van der Waals surface area contributed by atoms with E-state index in [2.05, 4.69) is 19.8 Å². The monoisotopic (exact) mass is 465 g/mol. The summed E-state index contributed by atoms with van der Waals surface area (Å²) in [5.41, 5.74) is 2.22. The molecule has 0 radical (unpaired) electrons. The normalized spacial score (nSPS) is 11.3. The fraction of sp³-hybridized carbons (Fsp3) is 0.174. The van der Waals surface area contributed by atoms with Gasteiger partial charge >= 0.3 is 0 Å². The van der Waals surface area contributed by atoms with E-state index in [1.165, 1.54) is 13.2 Å². The molecular weight excluding hydrogens is 442 g/mol. The maximum Gasteiger partial charge on any atom is 0.265 e. The van der Waals surface area contributed by atoms with Crippen LogP contribution in [0.4, 0.5) is 5.69 Å². The first-order chi connectivity index (χ1) is 15.7. The van der Waals surface area contributed by atoms with Gasteiger partial charge in [0.05, 0.1) is 12.8 Å². The molecule has 0 saturated carbocycles. The molecule has 4 rings (SSSR count). The second kappa shape index (κ2) is 8.91. The minimum absolute atomic E-state index is 0.0565. The number of aromatic nitrogens is 4. The summed E-state index contributed by atoms with van der Waals surface area (Å²) in [7, 11) is -2.39. The van der Waals surface area contributed by atoms with Crippen molar-refractivity contribution in [1.29, 1.82) is 0 Å². The lowest BCUT2D eigenvalue weighted by molar-refractivity contribution is 0.403. The molecule has 0 atom stereocenters. The maximum absolute atomic E-state index is 12.7.